The van der Waals surface area contributed by atoms with E-state index in [1.807, 2.05) is 25.1 Å². The van der Waals surface area contributed by atoms with Crippen molar-refractivity contribution in [1.82, 2.24) is 10.3 Å². The van der Waals surface area contributed by atoms with E-state index < -0.39 is 0 Å². The van der Waals surface area contributed by atoms with Crippen LogP contribution in [0.2, 0.25) is 0 Å². The number of aromatic nitrogens is 1. The molecule has 2 heterocycles. The van der Waals surface area contributed by atoms with Crippen molar-refractivity contribution >= 4 is 0 Å². The SMILES string of the molecule is CCCNCc1cc(C)nc(OCc2ccco2)c1. The van der Waals surface area contributed by atoms with Crippen LogP contribution in [-0.4, -0.2) is 11.5 Å². The molecular formula is C15H20N2O2. The van der Waals surface area contributed by atoms with Crippen LogP contribution in [0.5, 0.6) is 5.88 Å². The van der Waals surface area contributed by atoms with Gasteiger partial charge in [0.2, 0.25) is 5.88 Å². The molecule has 0 spiro atoms. The normalized spacial score (nSPS) is 10.6. The molecule has 102 valence electrons. The number of furan rings is 1. The average Bonchev–Trinajstić information content (AvgIpc) is 2.89. The maximum Gasteiger partial charge on any atom is 0.214 e. The van der Waals surface area contributed by atoms with E-state index in [1.54, 1.807) is 6.26 Å². The number of hydrogen-bond donors (Lipinski definition) is 1. The largest absolute Gasteiger partial charge is 0.469 e. The molecule has 0 bridgehead atoms. The monoisotopic (exact) mass is 260 g/mol. The summed E-state index contributed by atoms with van der Waals surface area (Å²) in [4.78, 5) is 4.37. The second-order valence-electron chi connectivity index (χ2n) is 4.50. The van der Waals surface area contributed by atoms with Gasteiger partial charge < -0.3 is 14.5 Å². The smallest absolute Gasteiger partial charge is 0.214 e. The molecule has 2 aromatic rings. The van der Waals surface area contributed by atoms with Gasteiger partial charge in [0.15, 0.2) is 0 Å². The molecular weight excluding hydrogens is 240 g/mol. The van der Waals surface area contributed by atoms with Crippen molar-refractivity contribution in [1.29, 1.82) is 0 Å². The van der Waals surface area contributed by atoms with E-state index >= 15 is 0 Å². The molecule has 0 unspecified atom stereocenters. The van der Waals surface area contributed by atoms with Crippen molar-refractivity contribution in [2.75, 3.05) is 6.54 Å². The van der Waals surface area contributed by atoms with E-state index in [1.165, 1.54) is 5.56 Å². The van der Waals surface area contributed by atoms with E-state index in [4.69, 9.17) is 9.15 Å². The minimum Gasteiger partial charge on any atom is -0.469 e. The quantitative estimate of drug-likeness (QED) is 0.777. The highest BCUT2D eigenvalue weighted by atomic mass is 16.5. The van der Waals surface area contributed by atoms with Gasteiger partial charge in [-0.25, -0.2) is 4.98 Å². The van der Waals surface area contributed by atoms with Crippen molar-refractivity contribution in [2.24, 2.45) is 0 Å². The topological polar surface area (TPSA) is 47.3 Å². The lowest BCUT2D eigenvalue weighted by atomic mass is 10.2. The van der Waals surface area contributed by atoms with Crippen LogP contribution in [0, 0.1) is 6.92 Å². The number of hydrogen-bond acceptors (Lipinski definition) is 4. The molecule has 2 aromatic heterocycles. The summed E-state index contributed by atoms with van der Waals surface area (Å²) < 4.78 is 10.9. The summed E-state index contributed by atoms with van der Waals surface area (Å²) >= 11 is 0. The number of nitrogens with one attached hydrogen (secondary N) is 1. The standard InChI is InChI=1S/C15H20N2O2/c1-3-6-16-10-13-8-12(2)17-15(9-13)19-11-14-5-4-7-18-14/h4-5,7-9,16H,3,6,10-11H2,1-2H3. The van der Waals surface area contributed by atoms with Crippen LogP contribution in [0.4, 0.5) is 0 Å². The lowest BCUT2D eigenvalue weighted by molar-refractivity contribution is 0.260. The van der Waals surface area contributed by atoms with Gasteiger partial charge in [0.05, 0.1) is 6.26 Å². The third-order valence-corrected chi connectivity index (χ3v) is 2.69. The van der Waals surface area contributed by atoms with Crippen LogP contribution in [0.1, 0.15) is 30.4 Å². The predicted molar refractivity (Wildman–Crippen MR) is 74.0 cm³/mol. The molecule has 0 aliphatic carbocycles. The molecule has 4 heteroatoms. The summed E-state index contributed by atoms with van der Waals surface area (Å²) in [5.74, 6) is 1.44. The zero-order valence-corrected chi connectivity index (χ0v) is 11.5. The highest BCUT2D eigenvalue weighted by Gasteiger charge is 2.03. The zero-order chi connectivity index (χ0) is 13.5. The van der Waals surface area contributed by atoms with Crippen LogP contribution in [0.3, 0.4) is 0 Å². The molecule has 0 fully saturated rings. The van der Waals surface area contributed by atoms with Crippen LogP contribution < -0.4 is 10.1 Å². The van der Waals surface area contributed by atoms with E-state index in [0.29, 0.717) is 12.5 Å². The molecule has 2 rings (SSSR count). The first-order chi connectivity index (χ1) is 9.28. The third kappa shape index (κ3) is 4.41. The van der Waals surface area contributed by atoms with Crippen molar-refractivity contribution < 1.29 is 9.15 Å². The van der Waals surface area contributed by atoms with Crippen molar-refractivity contribution in [3.05, 3.63) is 47.5 Å². The Morgan fingerprint density at radius 1 is 1.37 bits per heavy atom. The van der Waals surface area contributed by atoms with E-state index in [-0.39, 0.29) is 0 Å². The summed E-state index contributed by atoms with van der Waals surface area (Å²) in [6.07, 6.45) is 2.77. The average molecular weight is 260 g/mol. The van der Waals surface area contributed by atoms with Gasteiger partial charge in [0, 0.05) is 18.3 Å². The van der Waals surface area contributed by atoms with Gasteiger partial charge in [-0.2, -0.15) is 0 Å². The highest BCUT2D eigenvalue weighted by Crippen LogP contribution is 2.14. The first-order valence-corrected chi connectivity index (χ1v) is 6.61. The Morgan fingerprint density at radius 3 is 3.00 bits per heavy atom. The molecule has 1 N–H and O–H groups in total. The molecule has 0 saturated carbocycles. The fourth-order valence-electron chi connectivity index (χ4n) is 1.83. The molecule has 0 atom stereocenters. The first kappa shape index (κ1) is 13.6. The molecule has 0 radical (unpaired) electrons. The molecule has 0 aliphatic heterocycles. The second kappa shape index (κ2) is 6.95. The Labute approximate surface area is 113 Å². The Hall–Kier alpha value is -1.81. The van der Waals surface area contributed by atoms with E-state index in [2.05, 4.69) is 23.3 Å². The summed E-state index contributed by atoms with van der Waals surface area (Å²) in [6.45, 7) is 6.40. The van der Waals surface area contributed by atoms with Crippen molar-refractivity contribution in [3.63, 3.8) is 0 Å². The number of ether oxygens (including phenoxy) is 1. The number of nitrogens with zero attached hydrogens (tertiary/aromatic N) is 1. The van der Waals surface area contributed by atoms with Gasteiger partial charge in [-0.1, -0.05) is 6.92 Å². The predicted octanol–water partition coefficient (Wildman–Crippen LogP) is 3.06. The first-order valence-electron chi connectivity index (χ1n) is 6.61. The molecule has 0 aromatic carbocycles. The maximum atomic E-state index is 5.65. The van der Waals surface area contributed by atoms with Crippen LogP contribution in [0.15, 0.2) is 34.9 Å². The molecule has 0 aliphatic rings. The number of pyridine rings is 1. The lowest BCUT2D eigenvalue weighted by Crippen LogP contribution is -2.14. The van der Waals surface area contributed by atoms with Gasteiger partial charge in [0.25, 0.3) is 0 Å². The fourth-order valence-corrected chi connectivity index (χ4v) is 1.83. The minimum absolute atomic E-state index is 0.408. The summed E-state index contributed by atoms with van der Waals surface area (Å²) in [7, 11) is 0. The number of aryl methyl sites for hydroxylation is 1. The van der Waals surface area contributed by atoms with Crippen LogP contribution >= 0.6 is 0 Å². The third-order valence-electron chi connectivity index (χ3n) is 2.69. The van der Waals surface area contributed by atoms with Gasteiger partial charge in [0.1, 0.15) is 12.4 Å². The Morgan fingerprint density at radius 2 is 2.26 bits per heavy atom. The van der Waals surface area contributed by atoms with Gasteiger partial charge >= 0.3 is 0 Å². The molecule has 4 nitrogen and oxygen atoms in total. The summed E-state index contributed by atoms with van der Waals surface area (Å²) in [5.41, 5.74) is 2.15. The van der Waals surface area contributed by atoms with Crippen molar-refractivity contribution in [2.45, 2.75) is 33.4 Å². The van der Waals surface area contributed by atoms with E-state index in [9.17, 15) is 0 Å². The fraction of sp³-hybridized carbons (Fsp3) is 0.400. The highest BCUT2D eigenvalue weighted by molar-refractivity contribution is 5.24. The number of rotatable bonds is 7. The van der Waals surface area contributed by atoms with Gasteiger partial charge in [-0.15, -0.1) is 0 Å². The van der Waals surface area contributed by atoms with Crippen molar-refractivity contribution in [3.8, 4) is 5.88 Å². The summed E-state index contributed by atoms with van der Waals surface area (Å²) in [6, 6.07) is 7.78. The maximum absolute atomic E-state index is 5.65. The molecule has 19 heavy (non-hydrogen) atoms. The van der Waals surface area contributed by atoms with Crippen LogP contribution in [0.25, 0.3) is 0 Å². The zero-order valence-electron chi connectivity index (χ0n) is 11.5. The minimum atomic E-state index is 0.408. The Balaban J connectivity index is 1.95. The second-order valence-corrected chi connectivity index (χ2v) is 4.50. The van der Waals surface area contributed by atoms with Gasteiger partial charge in [-0.05, 0) is 43.7 Å². The molecule has 0 amide bonds. The Kier molecular flexibility index (Phi) is 4.98. The van der Waals surface area contributed by atoms with Crippen LogP contribution in [-0.2, 0) is 13.2 Å². The Bertz CT molecular complexity index is 495. The summed E-state index contributed by atoms with van der Waals surface area (Å²) in [5, 5.41) is 3.37. The van der Waals surface area contributed by atoms with Gasteiger partial charge in [-0.3, -0.25) is 0 Å². The molecule has 0 saturated heterocycles. The lowest BCUT2D eigenvalue weighted by Gasteiger charge is -2.08. The van der Waals surface area contributed by atoms with E-state index in [0.717, 1.165) is 31.0 Å².